The van der Waals surface area contributed by atoms with E-state index in [4.69, 9.17) is 9.05 Å². The van der Waals surface area contributed by atoms with E-state index in [0.717, 1.165) is 44.9 Å². The van der Waals surface area contributed by atoms with Gasteiger partial charge in [0.25, 0.3) is 7.82 Å². The molecule has 0 aliphatic heterocycles. The van der Waals surface area contributed by atoms with Crippen molar-refractivity contribution in [3.05, 3.63) is 36.5 Å². The van der Waals surface area contributed by atoms with Crippen LogP contribution < -0.4 is 10.2 Å². The third-order valence-corrected chi connectivity index (χ3v) is 10.5. The summed E-state index contributed by atoms with van der Waals surface area (Å²) in [6.07, 6.45) is 44.5. The number of nitrogens with one attached hydrogen (secondary N) is 1. The quantitative estimate of drug-likeness (QED) is 0.0279. The smallest absolute Gasteiger partial charge is 0.268 e. The molecule has 312 valence electrons. The first-order chi connectivity index (χ1) is 25.5. The van der Waals surface area contributed by atoms with Crippen LogP contribution in [-0.2, 0) is 18.4 Å². The van der Waals surface area contributed by atoms with Gasteiger partial charge in [-0.2, -0.15) is 0 Å². The maximum Gasteiger partial charge on any atom is 0.268 e. The first kappa shape index (κ1) is 51.7. The van der Waals surface area contributed by atoms with Gasteiger partial charge >= 0.3 is 0 Å². The summed E-state index contributed by atoms with van der Waals surface area (Å²) in [6.45, 7) is 4.43. The van der Waals surface area contributed by atoms with Gasteiger partial charge in [0.2, 0.25) is 5.91 Å². The molecule has 0 aromatic heterocycles. The van der Waals surface area contributed by atoms with Crippen LogP contribution in [0, 0.1) is 0 Å². The molecule has 1 amide bonds. The normalized spacial score (nSPS) is 14.8. The van der Waals surface area contributed by atoms with Crippen LogP contribution in [0.1, 0.15) is 187 Å². The van der Waals surface area contributed by atoms with Crippen LogP contribution in [0.25, 0.3) is 0 Å². The average Bonchev–Trinajstić information content (AvgIpc) is 3.10. The number of amides is 1. The molecule has 0 saturated heterocycles. The van der Waals surface area contributed by atoms with Crippen molar-refractivity contribution in [3.63, 3.8) is 0 Å². The number of rotatable bonds is 39. The first-order valence-electron chi connectivity index (χ1n) is 21.9. The van der Waals surface area contributed by atoms with E-state index in [-0.39, 0.29) is 12.5 Å². The summed E-state index contributed by atoms with van der Waals surface area (Å²) >= 11 is 0. The van der Waals surface area contributed by atoms with E-state index in [1.165, 1.54) is 122 Å². The lowest BCUT2D eigenvalue weighted by molar-refractivity contribution is -0.870. The molecule has 0 spiro atoms. The van der Waals surface area contributed by atoms with Crippen molar-refractivity contribution >= 4 is 13.7 Å². The number of carbonyl (C=O) groups excluding carboxylic acids is 1. The molecule has 0 rings (SSSR count). The molecule has 0 saturated carbocycles. The van der Waals surface area contributed by atoms with Crippen molar-refractivity contribution in [1.82, 2.24) is 5.32 Å². The minimum atomic E-state index is -4.58. The Morgan fingerprint density at radius 1 is 0.642 bits per heavy atom. The second kappa shape index (κ2) is 36.4. The van der Waals surface area contributed by atoms with Gasteiger partial charge in [-0.3, -0.25) is 9.36 Å². The van der Waals surface area contributed by atoms with Crippen LogP contribution in [0.15, 0.2) is 36.5 Å². The molecule has 9 heteroatoms. The lowest BCUT2D eigenvalue weighted by atomic mass is 10.0. The van der Waals surface area contributed by atoms with Crippen LogP contribution in [0.4, 0.5) is 0 Å². The molecular weight excluding hydrogens is 683 g/mol. The molecule has 2 N–H and O–H groups in total. The molecule has 0 aliphatic rings. The number of phosphoric acid groups is 1. The fourth-order valence-electron chi connectivity index (χ4n) is 6.07. The molecule has 0 aliphatic carbocycles. The molecule has 0 aromatic carbocycles. The van der Waals surface area contributed by atoms with Crippen LogP contribution >= 0.6 is 7.82 Å². The molecule has 0 radical (unpaired) electrons. The summed E-state index contributed by atoms with van der Waals surface area (Å²) in [7, 11) is 1.23. The fraction of sp³-hybridized carbons (Fsp3) is 0.841. The number of nitrogens with zero attached hydrogens (tertiary/aromatic N) is 1. The zero-order chi connectivity index (χ0) is 39.3. The summed E-state index contributed by atoms with van der Waals surface area (Å²) in [5.41, 5.74) is 0. The van der Waals surface area contributed by atoms with Gasteiger partial charge in [-0.05, 0) is 44.9 Å². The molecule has 3 atom stereocenters. The number of hydrogen-bond donors (Lipinski definition) is 2. The van der Waals surface area contributed by atoms with Crippen molar-refractivity contribution in [3.8, 4) is 0 Å². The van der Waals surface area contributed by atoms with Gasteiger partial charge in [0.15, 0.2) is 0 Å². The Morgan fingerprint density at radius 3 is 1.53 bits per heavy atom. The van der Waals surface area contributed by atoms with Crippen molar-refractivity contribution in [2.75, 3.05) is 40.9 Å². The Hall–Kier alpha value is -1.28. The Kier molecular flexibility index (Phi) is 35.5. The van der Waals surface area contributed by atoms with Gasteiger partial charge in [-0.25, -0.2) is 0 Å². The Bertz CT molecular complexity index is 964. The van der Waals surface area contributed by atoms with Crippen molar-refractivity contribution in [2.24, 2.45) is 0 Å². The van der Waals surface area contributed by atoms with Crippen molar-refractivity contribution < 1.29 is 32.9 Å². The minimum absolute atomic E-state index is 0.00971. The van der Waals surface area contributed by atoms with Gasteiger partial charge in [0.05, 0.1) is 39.9 Å². The van der Waals surface area contributed by atoms with Gasteiger partial charge in [0.1, 0.15) is 13.2 Å². The Morgan fingerprint density at radius 2 is 1.06 bits per heavy atom. The standard InChI is InChI=1S/C44H85N2O6P/c1-6-8-10-11-12-13-14-15-16-17-18-19-20-21-22-23-24-25-26-27-28-29-30-31-32-33-34-36-37-43(47)42(45-44(48)38-35-9-7-2)41-52-53(49,50)51-40-39-46(3,4)5/h27-28,31-32,36-37,42-43,47H,6-26,29-30,33-35,38-41H2,1-5H3,(H-,45,48,49,50)/b28-27+,32-31+,37-36+. The lowest BCUT2D eigenvalue weighted by Crippen LogP contribution is -2.45. The second-order valence-corrected chi connectivity index (χ2v) is 17.4. The van der Waals surface area contributed by atoms with Crippen LogP contribution in [0.3, 0.4) is 0 Å². The van der Waals surface area contributed by atoms with Crippen molar-refractivity contribution in [2.45, 2.75) is 199 Å². The summed E-state index contributed by atoms with van der Waals surface area (Å²) in [6, 6.07) is -0.902. The Balaban J connectivity index is 4.02. The number of allylic oxidation sites excluding steroid dienone is 5. The predicted octanol–water partition coefficient (Wildman–Crippen LogP) is 11.3. The van der Waals surface area contributed by atoms with Crippen molar-refractivity contribution in [1.29, 1.82) is 0 Å². The number of aliphatic hydroxyl groups is 1. The predicted molar refractivity (Wildman–Crippen MR) is 224 cm³/mol. The zero-order valence-electron chi connectivity index (χ0n) is 35.2. The topological polar surface area (TPSA) is 108 Å². The molecule has 53 heavy (non-hydrogen) atoms. The second-order valence-electron chi connectivity index (χ2n) is 16.0. The number of carbonyl (C=O) groups is 1. The number of aliphatic hydroxyl groups excluding tert-OH is 1. The highest BCUT2D eigenvalue weighted by atomic mass is 31.2. The summed E-state index contributed by atoms with van der Waals surface area (Å²) in [5.74, 6) is -0.237. The zero-order valence-corrected chi connectivity index (χ0v) is 36.1. The fourth-order valence-corrected chi connectivity index (χ4v) is 6.79. The highest BCUT2D eigenvalue weighted by Crippen LogP contribution is 2.38. The monoisotopic (exact) mass is 769 g/mol. The maximum atomic E-state index is 12.4. The van der Waals surface area contributed by atoms with Gasteiger partial charge < -0.3 is 28.8 Å². The first-order valence-corrected chi connectivity index (χ1v) is 23.3. The largest absolute Gasteiger partial charge is 0.756 e. The maximum absolute atomic E-state index is 12.4. The number of quaternary nitrogens is 1. The number of unbranched alkanes of at least 4 members (excludes halogenated alkanes) is 22. The van der Waals surface area contributed by atoms with Crippen LogP contribution in [0.5, 0.6) is 0 Å². The molecule has 0 bridgehead atoms. The van der Waals surface area contributed by atoms with E-state index in [0.29, 0.717) is 17.4 Å². The Labute approximate surface area is 327 Å². The molecule has 0 aromatic rings. The van der Waals surface area contributed by atoms with Gasteiger partial charge in [-0.1, -0.05) is 172 Å². The number of likely N-dealkylation sites (N-methyl/N-ethyl adjacent to an activating group) is 1. The van der Waals surface area contributed by atoms with Gasteiger partial charge in [-0.15, -0.1) is 0 Å². The minimum Gasteiger partial charge on any atom is -0.756 e. The molecule has 0 fully saturated rings. The van der Waals surface area contributed by atoms with Crippen LogP contribution in [0.2, 0.25) is 0 Å². The van der Waals surface area contributed by atoms with E-state index >= 15 is 0 Å². The molecular formula is C44H85N2O6P. The molecule has 8 nitrogen and oxygen atoms in total. The highest BCUT2D eigenvalue weighted by molar-refractivity contribution is 7.45. The number of hydrogen-bond acceptors (Lipinski definition) is 6. The number of phosphoric ester groups is 1. The van der Waals surface area contributed by atoms with E-state index in [9.17, 15) is 19.4 Å². The van der Waals surface area contributed by atoms with Crippen LogP contribution in [-0.4, -0.2) is 68.5 Å². The summed E-state index contributed by atoms with van der Waals surface area (Å²) in [5, 5.41) is 13.5. The lowest BCUT2D eigenvalue weighted by Gasteiger charge is -2.29. The van der Waals surface area contributed by atoms with E-state index in [1.807, 2.05) is 27.2 Å². The molecule has 3 unspecified atom stereocenters. The summed E-state index contributed by atoms with van der Waals surface area (Å²) in [4.78, 5) is 24.7. The van der Waals surface area contributed by atoms with E-state index in [1.54, 1.807) is 6.08 Å². The van der Waals surface area contributed by atoms with E-state index < -0.39 is 26.6 Å². The highest BCUT2D eigenvalue weighted by Gasteiger charge is 2.23. The SMILES string of the molecule is CCCCCCCCCCCCCCCCCCCC/C=C/CC/C=C/CC/C=C/C(O)C(COP(=O)([O-])OCC[N+](C)(C)C)NC(=O)CCCCC. The van der Waals surface area contributed by atoms with E-state index in [2.05, 4.69) is 43.5 Å². The average molecular weight is 769 g/mol. The molecule has 0 heterocycles. The summed E-state index contributed by atoms with van der Waals surface area (Å²) < 4.78 is 22.9. The third kappa shape index (κ3) is 38.8. The van der Waals surface area contributed by atoms with Gasteiger partial charge in [0, 0.05) is 6.42 Å². The third-order valence-electron chi connectivity index (χ3n) is 9.58.